The SMILES string of the molecule is O=C(Nc1nn(Cc2ccc(Cl)cc2Cl)cc1Br)c1ccc(COc2ccc([N+](=O)[O-])cc2Cl)cc1. The Labute approximate surface area is 229 Å². The van der Waals surface area contributed by atoms with Crippen molar-refractivity contribution in [1.29, 1.82) is 0 Å². The number of ether oxygens (including phenoxy) is 1. The number of benzene rings is 3. The molecule has 0 aliphatic heterocycles. The van der Waals surface area contributed by atoms with Crippen molar-refractivity contribution >= 4 is 68.1 Å². The minimum Gasteiger partial charge on any atom is -0.487 e. The molecule has 1 aromatic heterocycles. The summed E-state index contributed by atoms with van der Waals surface area (Å²) in [6.07, 6.45) is 1.74. The van der Waals surface area contributed by atoms with E-state index in [1.54, 1.807) is 47.3 Å². The molecule has 0 atom stereocenters. The van der Waals surface area contributed by atoms with Gasteiger partial charge in [0.2, 0.25) is 0 Å². The minimum atomic E-state index is -0.530. The van der Waals surface area contributed by atoms with Gasteiger partial charge in [0, 0.05) is 33.9 Å². The normalized spacial score (nSPS) is 10.8. The maximum Gasteiger partial charge on any atom is 0.271 e. The molecule has 0 bridgehead atoms. The number of nitrogens with one attached hydrogen (secondary N) is 1. The summed E-state index contributed by atoms with van der Waals surface area (Å²) >= 11 is 21.7. The fourth-order valence-electron chi connectivity index (χ4n) is 3.20. The lowest BCUT2D eigenvalue weighted by atomic mass is 10.1. The van der Waals surface area contributed by atoms with Crippen LogP contribution in [0.5, 0.6) is 5.75 Å². The number of aromatic nitrogens is 2. The highest BCUT2D eigenvalue weighted by Crippen LogP contribution is 2.29. The molecule has 8 nitrogen and oxygen atoms in total. The Morgan fingerprint density at radius 3 is 2.47 bits per heavy atom. The number of nitro groups is 1. The Morgan fingerprint density at radius 1 is 1.06 bits per heavy atom. The first-order chi connectivity index (χ1) is 17.2. The van der Waals surface area contributed by atoms with Crippen molar-refractivity contribution in [2.75, 3.05) is 5.32 Å². The van der Waals surface area contributed by atoms with Crippen molar-refractivity contribution in [3.63, 3.8) is 0 Å². The average Bonchev–Trinajstić information content (AvgIpc) is 3.18. The van der Waals surface area contributed by atoms with Gasteiger partial charge < -0.3 is 10.1 Å². The maximum absolute atomic E-state index is 12.7. The third kappa shape index (κ3) is 6.36. The van der Waals surface area contributed by atoms with Crippen molar-refractivity contribution < 1.29 is 14.5 Å². The van der Waals surface area contributed by atoms with Crippen LogP contribution in [0.15, 0.2) is 71.3 Å². The average molecular weight is 611 g/mol. The lowest BCUT2D eigenvalue weighted by molar-refractivity contribution is -0.384. The van der Waals surface area contributed by atoms with E-state index < -0.39 is 4.92 Å². The van der Waals surface area contributed by atoms with E-state index in [1.165, 1.54) is 18.2 Å². The van der Waals surface area contributed by atoms with Crippen LogP contribution in [-0.4, -0.2) is 20.6 Å². The van der Waals surface area contributed by atoms with Crippen LogP contribution >= 0.6 is 50.7 Å². The second kappa shape index (κ2) is 11.3. The quantitative estimate of drug-likeness (QED) is 0.166. The molecule has 0 saturated carbocycles. The van der Waals surface area contributed by atoms with Gasteiger partial charge in [0.05, 0.1) is 21.0 Å². The Kier molecular flexibility index (Phi) is 8.15. The summed E-state index contributed by atoms with van der Waals surface area (Å²) in [6.45, 7) is 0.570. The Balaban J connectivity index is 1.37. The fourth-order valence-corrected chi connectivity index (χ4v) is 4.31. The van der Waals surface area contributed by atoms with E-state index in [0.717, 1.165) is 11.1 Å². The molecular formula is C24H16BrCl3N4O4. The number of anilines is 1. The van der Waals surface area contributed by atoms with Crippen LogP contribution in [0.3, 0.4) is 0 Å². The Bertz CT molecular complexity index is 1440. The number of carbonyl (C=O) groups excluding carboxylic acids is 1. The van der Waals surface area contributed by atoms with Crippen LogP contribution in [-0.2, 0) is 13.2 Å². The van der Waals surface area contributed by atoms with Crippen LogP contribution in [0.1, 0.15) is 21.5 Å². The highest BCUT2D eigenvalue weighted by molar-refractivity contribution is 9.10. The third-order valence-electron chi connectivity index (χ3n) is 5.03. The van der Waals surface area contributed by atoms with E-state index in [0.29, 0.717) is 38.2 Å². The molecular weight excluding hydrogens is 595 g/mol. The molecule has 0 fully saturated rings. The van der Waals surface area contributed by atoms with Gasteiger partial charge in [0.15, 0.2) is 5.82 Å². The third-order valence-corrected chi connectivity index (χ3v) is 6.50. The van der Waals surface area contributed by atoms with Gasteiger partial charge in [-0.3, -0.25) is 19.6 Å². The summed E-state index contributed by atoms with van der Waals surface area (Å²) in [4.78, 5) is 23.0. The largest absolute Gasteiger partial charge is 0.487 e. The van der Waals surface area contributed by atoms with E-state index in [4.69, 9.17) is 39.5 Å². The first-order valence-electron chi connectivity index (χ1n) is 10.3. The van der Waals surface area contributed by atoms with Gasteiger partial charge in [-0.2, -0.15) is 5.10 Å². The Hall–Kier alpha value is -3.11. The molecule has 0 radical (unpaired) electrons. The van der Waals surface area contributed by atoms with Crippen LogP contribution in [0.2, 0.25) is 15.1 Å². The van der Waals surface area contributed by atoms with Crippen LogP contribution in [0.25, 0.3) is 0 Å². The van der Waals surface area contributed by atoms with E-state index >= 15 is 0 Å². The van der Waals surface area contributed by atoms with Crippen molar-refractivity contribution in [1.82, 2.24) is 9.78 Å². The second-order valence-corrected chi connectivity index (χ2v) is 9.68. The predicted molar refractivity (Wildman–Crippen MR) is 142 cm³/mol. The number of non-ortho nitro benzene ring substituents is 1. The number of amides is 1. The van der Waals surface area contributed by atoms with Gasteiger partial charge in [-0.1, -0.05) is 53.0 Å². The molecule has 1 N–H and O–H groups in total. The predicted octanol–water partition coefficient (Wildman–Crippen LogP) is 7.39. The number of hydrogen-bond donors (Lipinski definition) is 1. The standard InChI is InChI=1S/C24H16BrCl3N4O4/c25-19-12-31(11-16-5-6-17(26)9-20(16)27)30-23(19)29-24(33)15-3-1-14(2-4-15)13-36-22-8-7-18(32(34)35)10-21(22)28/h1-10,12H,11,13H2,(H,29,30,33). The molecule has 1 amide bonds. The van der Waals surface area contributed by atoms with Crippen LogP contribution in [0, 0.1) is 10.1 Å². The molecule has 1 heterocycles. The van der Waals surface area contributed by atoms with Crippen molar-refractivity contribution in [3.8, 4) is 5.75 Å². The van der Waals surface area contributed by atoms with Crippen LogP contribution < -0.4 is 10.1 Å². The number of nitro benzene ring substituents is 1. The van der Waals surface area contributed by atoms with Gasteiger partial charge in [0.25, 0.3) is 11.6 Å². The van der Waals surface area contributed by atoms with E-state index in [9.17, 15) is 14.9 Å². The van der Waals surface area contributed by atoms with Gasteiger partial charge in [-0.25, -0.2) is 0 Å². The Morgan fingerprint density at radius 2 is 1.81 bits per heavy atom. The fraction of sp³-hybridized carbons (Fsp3) is 0.0833. The maximum atomic E-state index is 12.7. The molecule has 0 unspecified atom stereocenters. The summed E-state index contributed by atoms with van der Waals surface area (Å²) in [5.74, 6) is 0.353. The molecule has 0 aliphatic rings. The molecule has 0 aliphatic carbocycles. The summed E-state index contributed by atoms with van der Waals surface area (Å²) in [7, 11) is 0. The number of nitrogens with zero attached hydrogens (tertiary/aromatic N) is 3. The van der Waals surface area contributed by atoms with E-state index in [2.05, 4.69) is 26.3 Å². The first-order valence-corrected chi connectivity index (χ1v) is 12.3. The summed E-state index contributed by atoms with van der Waals surface area (Å²) in [5.41, 5.74) is 1.93. The van der Waals surface area contributed by atoms with Crippen molar-refractivity contribution in [2.24, 2.45) is 0 Å². The zero-order chi connectivity index (χ0) is 25.8. The molecule has 4 aromatic rings. The summed E-state index contributed by atoms with van der Waals surface area (Å²) < 4.78 is 7.91. The lowest BCUT2D eigenvalue weighted by Gasteiger charge is -2.09. The highest BCUT2D eigenvalue weighted by Gasteiger charge is 2.14. The molecule has 0 spiro atoms. The topological polar surface area (TPSA) is 99.3 Å². The molecule has 0 saturated heterocycles. The summed E-state index contributed by atoms with van der Waals surface area (Å²) in [5, 5.41) is 19.2. The first kappa shape index (κ1) is 26.0. The number of rotatable bonds is 8. The second-order valence-electron chi connectivity index (χ2n) is 7.57. The van der Waals surface area contributed by atoms with Gasteiger partial charge in [0.1, 0.15) is 12.4 Å². The van der Waals surface area contributed by atoms with Gasteiger partial charge in [-0.15, -0.1) is 0 Å². The van der Waals surface area contributed by atoms with Crippen molar-refractivity contribution in [3.05, 3.63) is 113 Å². The van der Waals surface area contributed by atoms with Gasteiger partial charge >= 0.3 is 0 Å². The van der Waals surface area contributed by atoms with E-state index in [-0.39, 0.29) is 23.2 Å². The lowest BCUT2D eigenvalue weighted by Crippen LogP contribution is -2.13. The smallest absolute Gasteiger partial charge is 0.271 e. The monoisotopic (exact) mass is 608 g/mol. The number of carbonyl (C=O) groups is 1. The van der Waals surface area contributed by atoms with Gasteiger partial charge in [-0.05, 0) is 57.4 Å². The zero-order valence-corrected chi connectivity index (χ0v) is 22.1. The molecule has 184 valence electrons. The molecule has 12 heteroatoms. The zero-order valence-electron chi connectivity index (χ0n) is 18.3. The van der Waals surface area contributed by atoms with Crippen molar-refractivity contribution in [2.45, 2.75) is 13.2 Å². The number of hydrogen-bond acceptors (Lipinski definition) is 5. The summed E-state index contributed by atoms with van der Waals surface area (Å²) in [6, 6.07) is 16.0. The highest BCUT2D eigenvalue weighted by atomic mass is 79.9. The number of halogens is 4. The minimum absolute atomic E-state index is 0.118. The van der Waals surface area contributed by atoms with Crippen LogP contribution in [0.4, 0.5) is 11.5 Å². The molecule has 3 aromatic carbocycles. The molecule has 4 rings (SSSR count). The molecule has 36 heavy (non-hydrogen) atoms. The van der Waals surface area contributed by atoms with E-state index in [1.807, 2.05) is 6.07 Å².